The first-order valence-electron chi connectivity index (χ1n) is 8.67. The number of piperidine rings is 2. The summed E-state index contributed by atoms with van der Waals surface area (Å²) in [7, 11) is 4.32. The molecule has 24 heavy (non-hydrogen) atoms. The van der Waals surface area contributed by atoms with Crippen LogP contribution in [0.1, 0.15) is 10.4 Å². The van der Waals surface area contributed by atoms with E-state index in [9.17, 15) is 4.79 Å². The van der Waals surface area contributed by atoms with Gasteiger partial charge in [0, 0.05) is 38.0 Å². The number of benzene rings is 2. The Hall–Kier alpha value is -1.91. The quantitative estimate of drug-likeness (QED) is 0.795. The molecule has 2 fully saturated rings. The zero-order valence-corrected chi connectivity index (χ0v) is 14.3. The largest absolute Gasteiger partial charge is 0.458 e. The van der Waals surface area contributed by atoms with Gasteiger partial charge in [-0.1, -0.05) is 36.4 Å². The molecule has 4 heteroatoms. The Kier molecular flexibility index (Phi) is 4.02. The molecule has 2 saturated heterocycles. The normalized spacial score (nSPS) is 28.0. The van der Waals surface area contributed by atoms with Crippen LogP contribution in [-0.2, 0) is 4.74 Å². The van der Waals surface area contributed by atoms with Crippen LogP contribution < -0.4 is 0 Å². The fourth-order valence-electron chi connectivity index (χ4n) is 4.45. The number of hydrogen-bond acceptors (Lipinski definition) is 4. The first kappa shape index (κ1) is 15.6. The fourth-order valence-corrected chi connectivity index (χ4v) is 4.45. The van der Waals surface area contributed by atoms with Crippen LogP contribution in [-0.4, -0.2) is 62.1 Å². The van der Waals surface area contributed by atoms with Gasteiger partial charge >= 0.3 is 5.97 Å². The van der Waals surface area contributed by atoms with Crippen molar-refractivity contribution in [2.45, 2.75) is 6.10 Å². The van der Waals surface area contributed by atoms with Gasteiger partial charge in [0.2, 0.25) is 0 Å². The summed E-state index contributed by atoms with van der Waals surface area (Å²) in [5.74, 6) is 0.610. The maximum absolute atomic E-state index is 12.9. The molecule has 2 aliphatic rings. The molecule has 2 aromatic carbocycles. The van der Waals surface area contributed by atoms with Crippen molar-refractivity contribution < 1.29 is 9.53 Å². The van der Waals surface area contributed by atoms with Gasteiger partial charge in [0.1, 0.15) is 6.10 Å². The van der Waals surface area contributed by atoms with Crippen molar-refractivity contribution in [3.05, 3.63) is 48.0 Å². The molecule has 0 aromatic heterocycles. The number of carbonyl (C=O) groups excluding carboxylic acids is 1. The van der Waals surface area contributed by atoms with Gasteiger partial charge in [-0.2, -0.15) is 0 Å². The molecule has 0 N–H and O–H groups in total. The lowest BCUT2D eigenvalue weighted by Crippen LogP contribution is -2.59. The fraction of sp³-hybridized carbons (Fsp3) is 0.450. The van der Waals surface area contributed by atoms with Gasteiger partial charge in [-0.15, -0.1) is 0 Å². The summed E-state index contributed by atoms with van der Waals surface area (Å²) in [5.41, 5.74) is 0.679. The predicted molar refractivity (Wildman–Crippen MR) is 95.1 cm³/mol. The molecule has 2 aromatic rings. The number of ether oxygens (including phenoxy) is 1. The molecule has 0 amide bonds. The topological polar surface area (TPSA) is 32.8 Å². The average molecular weight is 324 g/mol. The van der Waals surface area contributed by atoms with Crippen LogP contribution in [0.3, 0.4) is 0 Å². The minimum absolute atomic E-state index is 0.0314. The van der Waals surface area contributed by atoms with E-state index in [0.717, 1.165) is 37.0 Å². The maximum Gasteiger partial charge on any atom is 0.339 e. The molecule has 0 unspecified atom stereocenters. The molecule has 0 spiro atoms. The summed E-state index contributed by atoms with van der Waals surface area (Å²) in [6, 6.07) is 13.8. The van der Waals surface area contributed by atoms with Crippen molar-refractivity contribution in [2.75, 3.05) is 40.3 Å². The molecule has 4 nitrogen and oxygen atoms in total. The van der Waals surface area contributed by atoms with Crippen molar-refractivity contribution >= 4 is 16.7 Å². The molecule has 0 radical (unpaired) electrons. The van der Waals surface area contributed by atoms with Gasteiger partial charge in [-0.25, -0.2) is 4.79 Å². The third kappa shape index (κ3) is 2.80. The zero-order valence-electron chi connectivity index (χ0n) is 14.3. The summed E-state index contributed by atoms with van der Waals surface area (Å²) in [6.07, 6.45) is 0.0314. The van der Waals surface area contributed by atoms with Crippen LogP contribution in [0.15, 0.2) is 42.5 Å². The summed E-state index contributed by atoms with van der Waals surface area (Å²) in [6.45, 7) is 3.98. The molecule has 0 atom stereocenters. The second-order valence-corrected chi connectivity index (χ2v) is 7.36. The highest BCUT2D eigenvalue weighted by Crippen LogP contribution is 2.31. The first-order chi connectivity index (χ1) is 11.6. The van der Waals surface area contributed by atoms with Crippen LogP contribution in [0.4, 0.5) is 0 Å². The van der Waals surface area contributed by atoms with E-state index >= 15 is 0 Å². The second-order valence-electron chi connectivity index (χ2n) is 7.36. The molecule has 126 valence electrons. The molecule has 4 rings (SSSR count). The molecule has 0 aliphatic carbocycles. The number of esters is 1. The van der Waals surface area contributed by atoms with E-state index in [1.54, 1.807) is 0 Å². The van der Waals surface area contributed by atoms with E-state index in [1.165, 1.54) is 0 Å². The van der Waals surface area contributed by atoms with E-state index in [2.05, 4.69) is 23.9 Å². The van der Waals surface area contributed by atoms with E-state index in [0.29, 0.717) is 17.4 Å². The van der Waals surface area contributed by atoms with Gasteiger partial charge in [0.25, 0.3) is 0 Å². The SMILES string of the molecule is CN1CC2CN(C)CC(C1)C2OC(=O)c1cccc2ccccc12. The Labute approximate surface area is 143 Å². The van der Waals surface area contributed by atoms with Crippen LogP contribution in [0.5, 0.6) is 0 Å². The van der Waals surface area contributed by atoms with E-state index < -0.39 is 0 Å². The number of rotatable bonds is 2. The number of hydrogen-bond donors (Lipinski definition) is 0. The number of carbonyl (C=O) groups is 1. The Morgan fingerprint density at radius 2 is 1.50 bits per heavy atom. The Bertz CT molecular complexity index is 725. The van der Waals surface area contributed by atoms with Gasteiger partial charge < -0.3 is 14.5 Å². The van der Waals surface area contributed by atoms with Crippen LogP contribution in [0.25, 0.3) is 10.8 Å². The Morgan fingerprint density at radius 1 is 0.917 bits per heavy atom. The van der Waals surface area contributed by atoms with Crippen molar-refractivity contribution in [1.29, 1.82) is 0 Å². The minimum atomic E-state index is -0.180. The van der Waals surface area contributed by atoms with E-state index in [4.69, 9.17) is 4.74 Å². The van der Waals surface area contributed by atoms with Crippen molar-refractivity contribution in [2.24, 2.45) is 11.8 Å². The molecule has 2 heterocycles. The third-order valence-corrected chi connectivity index (χ3v) is 5.37. The minimum Gasteiger partial charge on any atom is -0.458 e. The Morgan fingerprint density at radius 3 is 2.17 bits per heavy atom. The zero-order chi connectivity index (χ0) is 16.7. The van der Waals surface area contributed by atoms with Crippen LogP contribution >= 0.6 is 0 Å². The molecule has 2 aliphatic heterocycles. The number of fused-ring (bicyclic) bond motifs is 3. The molecule has 0 saturated carbocycles. The lowest BCUT2D eigenvalue weighted by molar-refractivity contribution is -0.0791. The van der Waals surface area contributed by atoms with Crippen LogP contribution in [0, 0.1) is 11.8 Å². The maximum atomic E-state index is 12.9. The number of nitrogens with zero attached hydrogens (tertiary/aromatic N) is 2. The first-order valence-corrected chi connectivity index (χ1v) is 8.67. The molecular formula is C20H24N2O2. The van der Waals surface area contributed by atoms with Gasteiger partial charge in [-0.05, 0) is 30.9 Å². The van der Waals surface area contributed by atoms with Crippen LogP contribution in [0.2, 0.25) is 0 Å². The second kappa shape index (κ2) is 6.19. The molecule has 2 bridgehead atoms. The summed E-state index contributed by atoms with van der Waals surface area (Å²) < 4.78 is 6.06. The lowest BCUT2D eigenvalue weighted by Gasteiger charge is -2.48. The number of likely N-dealkylation sites (tertiary alicyclic amines) is 2. The van der Waals surface area contributed by atoms with E-state index in [1.807, 2.05) is 42.5 Å². The van der Waals surface area contributed by atoms with Gasteiger partial charge in [0.05, 0.1) is 5.56 Å². The van der Waals surface area contributed by atoms with Gasteiger partial charge in [-0.3, -0.25) is 0 Å². The highest BCUT2D eigenvalue weighted by atomic mass is 16.5. The van der Waals surface area contributed by atoms with E-state index in [-0.39, 0.29) is 12.1 Å². The summed E-state index contributed by atoms with van der Waals surface area (Å²) >= 11 is 0. The smallest absolute Gasteiger partial charge is 0.339 e. The van der Waals surface area contributed by atoms with Crippen molar-refractivity contribution in [3.8, 4) is 0 Å². The Balaban J connectivity index is 1.59. The van der Waals surface area contributed by atoms with Gasteiger partial charge in [0.15, 0.2) is 0 Å². The third-order valence-electron chi connectivity index (χ3n) is 5.37. The highest BCUT2D eigenvalue weighted by molar-refractivity contribution is 6.04. The van der Waals surface area contributed by atoms with Crippen molar-refractivity contribution in [1.82, 2.24) is 9.80 Å². The lowest BCUT2D eigenvalue weighted by atomic mass is 9.82. The van der Waals surface area contributed by atoms with Crippen molar-refractivity contribution in [3.63, 3.8) is 0 Å². The average Bonchev–Trinajstić information content (AvgIpc) is 2.55. The predicted octanol–water partition coefficient (Wildman–Crippen LogP) is 2.49. The standard InChI is InChI=1S/C20H24N2O2/c1-21-10-15-12-22(2)13-16(11-21)19(15)24-20(23)18-9-5-7-14-6-3-4-8-17(14)18/h3-9,15-16,19H,10-13H2,1-2H3. The highest BCUT2D eigenvalue weighted by Gasteiger charge is 2.42. The summed E-state index contributed by atoms with van der Waals surface area (Å²) in [5, 5.41) is 2.05. The molecular weight excluding hydrogens is 300 g/mol. The summed E-state index contributed by atoms with van der Waals surface area (Å²) in [4.78, 5) is 17.6. The monoisotopic (exact) mass is 324 g/mol.